The SMILES string of the molecule is CCCCCCCC/C=C\CCCCCCCC(=O)NC(C)(CO)CO. The van der Waals surface area contributed by atoms with Crippen molar-refractivity contribution in [1.29, 1.82) is 0 Å². The van der Waals surface area contributed by atoms with Crippen LogP contribution in [-0.4, -0.2) is 34.9 Å². The molecule has 0 aliphatic rings. The minimum absolute atomic E-state index is 0.0896. The van der Waals surface area contributed by atoms with E-state index in [1.807, 2.05) is 0 Å². The molecular weight excluding hydrogens is 326 g/mol. The van der Waals surface area contributed by atoms with Gasteiger partial charge in [0, 0.05) is 6.42 Å². The summed E-state index contributed by atoms with van der Waals surface area (Å²) >= 11 is 0. The van der Waals surface area contributed by atoms with Gasteiger partial charge in [-0.2, -0.15) is 0 Å². The van der Waals surface area contributed by atoms with Crippen LogP contribution in [-0.2, 0) is 4.79 Å². The molecule has 0 atom stereocenters. The lowest BCUT2D eigenvalue weighted by molar-refractivity contribution is -0.124. The number of allylic oxidation sites excluding steroid dienone is 2. The fourth-order valence-corrected chi connectivity index (χ4v) is 2.88. The average molecular weight is 370 g/mol. The summed E-state index contributed by atoms with van der Waals surface area (Å²) in [7, 11) is 0. The second-order valence-corrected chi connectivity index (χ2v) is 7.76. The van der Waals surface area contributed by atoms with Gasteiger partial charge in [-0.15, -0.1) is 0 Å². The lowest BCUT2D eigenvalue weighted by atomic mass is 10.0. The van der Waals surface area contributed by atoms with E-state index in [2.05, 4.69) is 24.4 Å². The summed E-state index contributed by atoms with van der Waals surface area (Å²) in [6.45, 7) is 3.40. The van der Waals surface area contributed by atoms with Gasteiger partial charge >= 0.3 is 0 Å². The lowest BCUT2D eigenvalue weighted by Gasteiger charge is -2.26. The Bertz CT molecular complexity index is 351. The van der Waals surface area contributed by atoms with Gasteiger partial charge < -0.3 is 15.5 Å². The maximum atomic E-state index is 11.8. The van der Waals surface area contributed by atoms with Crippen molar-refractivity contribution in [3.63, 3.8) is 0 Å². The fraction of sp³-hybridized carbons (Fsp3) is 0.864. The van der Waals surface area contributed by atoms with Crippen molar-refractivity contribution in [2.24, 2.45) is 0 Å². The Morgan fingerprint density at radius 1 is 0.808 bits per heavy atom. The molecule has 4 nitrogen and oxygen atoms in total. The number of carbonyl (C=O) groups excluding carboxylic acids is 1. The molecule has 154 valence electrons. The topological polar surface area (TPSA) is 69.6 Å². The molecule has 0 fully saturated rings. The van der Waals surface area contributed by atoms with Gasteiger partial charge in [0.05, 0.1) is 18.8 Å². The largest absolute Gasteiger partial charge is 0.394 e. The van der Waals surface area contributed by atoms with E-state index >= 15 is 0 Å². The van der Waals surface area contributed by atoms with Crippen LogP contribution in [0.4, 0.5) is 0 Å². The zero-order valence-electron chi connectivity index (χ0n) is 17.3. The van der Waals surface area contributed by atoms with Crippen molar-refractivity contribution in [2.75, 3.05) is 13.2 Å². The molecule has 0 bridgehead atoms. The minimum Gasteiger partial charge on any atom is -0.394 e. The summed E-state index contributed by atoms with van der Waals surface area (Å²) < 4.78 is 0. The highest BCUT2D eigenvalue weighted by Crippen LogP contribution is 2.10. The number of rotatable bonds is 18. The molecule has 0 aromatic rings. The van der Waals surface area contributed by atoms with E-state index in [-0.39, 0.29) is 19.1 Å². The maximum Gasteiger partial charge on any atom is 0.220 e. The third-order valence-electron chi connectivity index (χ3n) is 4.80. The Labute approximate surface area is 161 Å². The van der Waals surface area contributed by atoms with Gasteiger partial charge in [-0.1, -0.05) is 70.4 Å². The van der Waals surface area contributed by atoms with Crippen molar-refractivity contribution < 1.29 is 15.0 Å². The minimum atomic E-state index is -0.904. The molecule has 3 N–H and O–H groups in total. The van der Waals surface area contributed by atoms with E-state index in [1.54, 1.807) is 6.92 Å². The van der Waals surface area contributed by atoms with Crippen LogP contribution in [0.2, 0.25) is 0 Å². The van der Waals surface area contributed by atoms with Crippen molar-refractivity contribution >= 4 is 5.91 Å². The molecule has 26 heavy (non-hydrogen) atoms. The van der Waals surface area contributed by atoms with Gasteiger partial charge in [-0.3, -0.25) is 4.79 Å². The summed E-state index contributed by atoms with van der Waals surface area (Å²) in [5.74, 6) is -0.0896. The number of aliphatic hydroxyl groups is 2. The molecule has 0 aromatic carbocycles. The molecule has 0 unspecified atom stereocenters. The Kier molecular flexibility index (Phi) is 17.0. The van der Waals surface area contributed by atoms with Crippen molar-refractivity contribution in [1.82, 2.24) is 5.32 Å². The third kappa shape index (κ3) is 15.4. The molecule has 4 heteroatoms. The van der Waals surface area contributed by atoms with Gasteiger partial charge in [-0.25, -0.2) is 0 Å². The van der Waals surface area contributed by atoms with E-state index in [4.69, 9.17) is 10.2 Å². The van der Waals surface area contributed by atoms with Gasteiger partial charge in [0.1, 0.15) is 0 Å². The molecule has 0 rings (SSSR count). The Morgan fingerprint density at radius 3 is 1.77 bits per heavy atom. The monoisotopic (exact) mass is 369 g/mol. The van der Waals surface area contributed by atoms with E-state index in [9.17, 15) is 4.79 Å². The highest BCUT2D eigenvalue weighted by molar-refractivity contribution is 5.76. The smallest absolute Gasteiger partial charge is 0.220 e. The molecule has 0 heterocycles. The van der Waals surface area contributed by atoms with E-state index in [0.29, 0.717) is 6.42 Å². The molecule has 0 spiro atoms. The molecular formula is C22H43NO3. The third-order valence-corrected chi connectivity index (χ3v) is 4.80. The van der Waals surface area contributed by atoms with Crippen LogP contribution in [0.3, 0.4) is 0 Å². The number of carbonyl (C=O) groups is 1. The summed E-state index contributed by atoms with van der Waals surface area (Å²) in [4.78, 5) is 11.8. The molecule has 0 aliphatic heterocycles. The van der Waals surface area contributed by atoms with Gasteiger partial charge in [-0.05, 0) is 39.0 Å². The van der Waals surface area contributed by atoms with E-state index in [0.717, 1.165) is 19.3 Å². The molecule has 0 aromatic heterocycles. The van der Waals surface area contributed by atoms with Crippen LogP contribution in [0, 0.1) is 0 Å². The lowest BCUT2D eigenvalue weighted by Crippen LogP contribution is -2.51. The molecule has 0 saturated carbocycles. The zero-order chi connectivity index (χ0) is 19.5. The van der Waals surface area contributed by atoms with Crippen LogP contribution in [0.15, 0.2) is 12.2 Å². The molecule has 0 saturated heterocycles. The normalized spacial score (nSPS) is 12.0. The van der Waals surface area contributed by atoms with E-state index < -0.39 is 5.54 Å². The predicted molar refractivity (Wildman–Crippen MR) is 110 cm³/mol. The van der Waals surface area contributed by atoms with Crippen LogP contribution >= 0.6 is 0 Å². The Hall–Kier alpha value is -0.870. The van der Waals surface area contributed by atoms with Crippen LogP contribution < -0.4 is 5.32 Å². The number of unbranched alkanes of at least 4 members (excludes halogenated alkanes) is 11. The zero-order valence-corrected chi connectivity index (χ0v) is 17.3. The second kappa shape index (κ2) is 17.5. The summed E-state index contributed by atoms with van der Waals surface area (Å²) in [6, 6.07) is 0. The van der Waals surface area contributed by atoms with Gasteiger partial charge in [0.2, 0.25) is 5.91 Å². The maximum absolute atomic E-state index is 11.8. The molecule has 0 radical (unpaired) electrons. The first kappa shape index (κ1) is 25.1. The van der Waals surface area contributed by atoms with Crippen LogP contribution in [0.25, 0.3) is 0 Å². The first-order valence-electron chi connectivity index (χ1n) is 10.8. The van der Waals surface area contributed by atoms with Crippen molar-refractivity contribution in [2.45, 2.75) is 109 Å². The van der Waals surface area contributed by atoms with Crippen molar-refractivity contribution in [3.8, 4) is 0 Å². The number of amides is 1. The highest BCUT2D eigenvalue weighted by atomic mass is 16.3. The number of hydrogen-bond acceptors (Lipinski definition) is 3. The number of nitrogens with one attached hydrogen (secondary N) is 1. The van der Waals surface area contributed by atoms with Gasteiger partial charge in [0.25, 0.3) is 0 Å². The number of aliphatic hydroxyl groups excluding tert-OH is 2. The molecule has 1 amide bonds. The Morgan fingerprint density at radius 2 is 1.27 bits per heavy atom. The van der Waals surface area contributed by atoms with Crippen LogP contribution in [0.1, 0.15) is 104 Å². The quantitative estimate of drug-likeness (QED) is 0.238. The molecule has 0 aliphatic carbocycles. The number of hydrogen-bond donors (Lipinski definition) is 3. The standard InChI is InChI=1S/C22H43NO3/c1-3-4-5-6-7-8-9-10-11-12-13-14-15-16-17-18-21(26)23-22(2,19-24)20-25/h10-11,24-25H,3-9,12-20H2,1-2H3,(H,23,26)/b11-10-. The van der Waals surface area contributed by atoms with Crippen molar-refractivity contribution in [3.05, 3.63) is 12.2 Å². The predicted octanol–water partition coefficient (Wildman–Crippen LogP) is 4.88. The average Bonchev–Trinajstić information content (AvgIpc) is 2.64. The van der Waals surface area contributed by atoms with Crippen LogP contribution in [0.5, 0.6) is 0 Å². The summed E-state index contributed by atoms with van der Waals surface area (Å²) in [5.41, 5.74) is -0.904. The second-order valence-electron chi connectivity index (χ2n) is 7.76. The van der Waals surface area contributed by atoms with E-state index in [1.165, 1.54) is 64.2 Å². The fourth-order valence-electron chi connectivity index (χ4n) is 2.88. The first-order valence-corrected chi connectivity index (χ1v) is 10.8. The Balaban J connectivity index is 3.38. The summed E-state index contributed by atoms with van der Waals surface area (Å²) in [5, 5.41) is 21.0. The summed E-state index contributed by atoms with van der Waals surface area (Å²) in [6.07, 6.45) is 21.2. The first-order chi connectivity index (χ1) is 12.6. The highest BCUT2D eigenvalue weighted by Gasteiger charge is 2.23. The van der Waals surface area contributed by atoms with Gasteiger partial charge in [0.15, 0.2) is 0 Å².